The molecule has 1 N–H and O–H groups in total. The third-order valence-corrected chi connectivity index (χ3v) is 5.36. The van der Waals surface area contributed by atoms with Gasteiger partial charge in [-0.2, -0.15) is 0 Å². The zero-order chi connectivity index (χ0) is 18.1. The molecule has 2 aromatic rings. The SMILES string of the molecule is CN1CCc2c(nc(C3CCN(C(=O)c4cccnc4)CC3)[nH]c2=O)C1. The number of H-pyrrole nitrogens is 1. The van der Waals surface area contributed by atoms with E-state index in [0.717, 1.165) is 49.4 Å². The molecule has 2 aromatic heterocycles. The van der Waals surface area contributed by atoms with E-state index >= 15 is 0 Å². The third-order valence-electron chi connectivity index (χ3n) is 5.36. The minimum Gasteiger partial charge on any atom is -0.339 e. The molecule has 0 bridgehead atoms. The van der Waals surface area contributed by atoms with Crippen LogP contribution in [0.25, 0.3) is 0 Å². The van der Waals surface area contributed by atoms with Gasteiger partial charge in [0.15, 0.2) is 0 Å². The van der Waals surface area contributed by atoms with Gasteiger partial charge < -0.3 is 14.8 Å². The highest BCUT2D eigenvalue weighted by atomic mass is 16.2. The van der Waals surface area contributed by atoms with Crippen molar-refractivity contribution in [3.05, 3.63) is 57.5 Å². The number of fused-ring (bicyclic) bond motifs is 1. The molecule has 2 aliphatic heterocycles. The molecule has 0 unspecified atom stereocenters. The van der Waals surface area contributed by atoms with Crippen LogP contribution in [0.15, 0.2) is 29.3 Å². The molecule has 136 valence electrons. The maximum absolute atomic E-state index is 12.5. The molecule has 1 amide bonds. The molecular weight excluding hydrogens is 330 g/mol. The molecule has 7 heteroatoms. The molecule has 0 atom stereocenters. The van der Waals surface area contributed by atoms with Gasteiger partial charge >= 0.3 is 0 Å². The average molecular weight is 353 g/mol. The van der Waals surface area contributed by atoms with Crippen LogP contribution < -0.4 is 5.56 Å². The maximum atomic E-state index is 12.5. The quantitative estimate of drug-likeness (QED) is 0.876. The largest absolute Gasteiger partial charge is 0.339 e. The molecule has 0 saturated carbocycles. The fourth-order valence-electron chi connectivity index (χ4n) is 3.81. The van der Waals surface area contributed by atoms with E-state index in [1.165, 1.54) is 0 Å². The Balaban J connectivity index is 1.47. The summed E-state index contributed by atoms with van der Waals surface area (Å²) in [6.07, 6.45) is 5.64. The summed E-state index contributed by atoms with van der Waals surface area (Å²) in [7, 11) is 2.05. The lowest BCUT2D eigenvalue weighted by atomic mass is 9.95. The number of carbonyl (C=O) groups is 1. The molecular formula is C19H23N5O2. The zero-order valence-electron chi connectivity index (χ0n) is 14.9. The van der Waals surface area contributed by atoms with Gasteiger partial charge in [0.1, 0.15) is 5.82 Å². The van der Waals surface area contributed by atoms with Crippen molar-refractivity contribution in [3.8, 4) is 0 Å². The lowest BCUT2D eigenvalue weighted by Gasteiger charge is -2.32. The Bertz CT molecular complexity index is 856. The summed E-state index contributed by atoms with van der Waals surface area (Å²) in [4.78, 5) is 40.8. The van der Waals surface area contributed by atoms with E-state index in [2.05, 4.69) is 14.9 Å². The van der Waals surface area contributed by atoms with Gasteiger partial charge in [-0.3, -0.25) is 14.6 Å². The van der Waals surface area contributed by atoms with E-state index in [1.54, 1.807) is 24.5 Å². The number of likely N-dealkylation sites (N-methyl/N-ethyl adjacent to an activating group) is 1. The Kier molecular flexibility index (Phi) is 4.55. The number of hydrogen-bond acceptors (Lipinski definition) is 5. The van der Waals surface area contributed by atoms with Crippen molar-refractivity contribution in [2.75, 3.05) is 26.7 Å². The van der Waals surface area contributed by atoms with Gasteiger partial charge in [0.2, 0.25) is 0 Å². The van der Waals surface area contributed by atoms with E-state index in [9.17, 15) is 9.59 Å². The van der Waals surface area contributed by atoms with Crippen LogP contribution in [0.2, 0.25) is 0 Å². The van der Waals surface area contributed by atoms with Crippen LogP contribution in [0.3, 0.4) is 0 Å². The number of rotatable bonds is 2. The monoisotopic (exact) mass is 353 g/mol. The molecule has 1 saturated heterocycles. The standard InChI is InChI=1S/C19H23N5O2/c1-23-8-6-15-16(12-23)21-17(22-18(15)25)13-4-9-24(10-5-13)19(26)14-3-2-7-20-11-14/h2-3,7,11,13H,4-6,8-10,12H2,1H3,(H,21,22,25). The Labute approximate surface area is 152 Å². The van der Waals surface area contributed by atoms with Gasteiger partial charge in [0.05, 0.1) is 11.3 Å². The minimum absolute atomic E-state index is 0.00645. The summed E-state index contributed by atoms with van der Waals surface area (Å²) in [5.74, 6) is 0.987. The van der Waals surface area contributed by atoms with Crippen molar-refractivity contribution in [1.82, 2.24) is 24.8 Å². The highest BCUT2D eigenvalue weighted by Gasteiger charge is 2.27. The fourth-order valence-corrected chi connectivity index (χ4v) is 3.81. The molecule has 4 rings (SSSR count). The Morgan fingerprint density at radius 3 is 2.81 bits per heavy atom. The number of pyridine rings is 1. The van der Waals surface area contributed by atoms with Crippen LogP contribution in [0.4, 0.5) is 0 Å². The van der Waals surface area contributed by atoms with Gasteiger partial charge in [0.25, 0.3) is 11.5 Å². The molecule has 0 aromatic carbocycles. The fraction of sp³-hybridized carbons (Fsp3) is 0.474. The number of likely N-dealkylation sites (tertiary alicyclic amines) is 1. The Morgan fingerprint density at radius 2 is 2.08 bits per heavy atom. The number of aromatic amines is 1. The second-order valence-electron chi connectivity index (χ2n) is 7.17. The van der Waals surface area contributed by atoms with Gasteiger partial charge in [-0.15, -0.1) is 0 Å². The predicted molar refractivity (Wildman–Crippen MR) is 97.0 cm³/mol. The number of carbonyl (C=O) groups excluding carboxylic acids is 1. The molecule has 0 spiro atoms. The number of aromatic nitrogens is 3. The van der Waals surface area contributed by atoms with Gasteiger partial charge in [-0.1, -0.05) is 0 Å². The summed E-state index contributed by atoms with van der Waals surface area (Å²) in [5, 5.41) is 0. The number of nitrogens with zero attached hydrogens (tertiary/aromatic N) is 4. The molecule has 0 radical (unpaired) electrons. The average Bonchev–Trinajstić information content (AvgIpc) is 2.68. The van der Waals surface area contributed by atoms with Gasteiger partial charge in [0, 0.05) is 50.1 Å². The van der Waals surface area contributed by atoms with Crippen molar-refractivity contribution in [2.24, 2.45) is 0 Å². The smallest absolute Gasteiger partial charge is 0.255 e. The normalized spacial score (nSPS) is 18.6. The van der Waals surface area contributed by atoms with Crippen molar-refractivity contribution in [2.45, 2.75) is 31.7 Å². The lowest BCUT2D eigenvalue weighted by molar-refractivity contribution is 0.0710. The summed E-state index contributed by atoms with van der Waals surface area (Å²) in [5.41, 5.74) is 2.36. The van der Waals surface area contributed by atoms with Gasteiger partial charge in [-0.05, 0) is 38.4 Å². The summed E-state index contributed by atoms with van der Waals surface area (Å²) >= 11 is 0. The van der Waals surface area contributed by atoms with E-state index in [0.29, 0.717) is 18.7 Å². The molecule has 7 nitrogen and oxygen atoms in total. The molecule has 0 aliphatic carbocycles. The van der Waals surface area contributed by atoms with Crippen LogP contribution in [0, 0.1) is 0 Å². The number of nitrogens with one attached hydrogen (secondary N) is 1. The van der Waals surface area contributed by atoms with Crippen LogP contribution >= 0.6 is 0 Å². The van der Waals surface area contributed by atoms with Crippen LogP contribution in [0.5, 0.6) is 0 Å². The second kappa shape index (κ2) is 6.99. The van der Waals surface area contributed by atoms with E-state index in [1.807, 2.05) is 11.9 Å². The first-order chi connectivity index (χ1) is 12.6. The molecule has 2 aliphatic rings. The summed E-state index contributed by atoms with van der Waals surface area (Å²) in [6, 6.07) is 3.57. The molecule has 1 fully saturated rings. The first-order valence-electron chi connectivity index (χ1n) is 9.11. The van der Waals surface area contributed by atoms with Crippen molar-refractivity contribution in [3.63, 3.8) is 0 Å². The Morgan fingerprint density at radius 1 is 1.27 bits per heavy atom. The van der Waals surface area contributed by atoms with Crippen molar-refractivity contribution in [1.29, 1.82) is 0 Å². The first kappa shape index (κ1) is 16.9. The van der Waals surface area contributed by atoms with E-state index < -0.39 is 0 Å². The lowest BCUT2D eigenvalue weighted by Crippen LogP contribution is -2.39. The topological polar surface area (TPSA) is 82.2 Å². The minimum atomic E-state index is 0.00645. The second-order valence-corrected chi connectivity index (χ2v) is 7.17. The first-order valence-corrected chi connectivity index (χ1v) is 9.11. The summed E-state index contributed by atoms with van der Waals surface area (Å²) in [6.45, 7) is 2.95. The Hall–Kier alpha value is -2.54. The molecule has 26 heavy (non-hydrogen) atoms. The van der Waals surface area contributed by atoms with Crippen LogP contribution in [0.1, 0.15) is 46.2 Å². The number of amides is 1. The van der Waals surface area contributed by atoms with Crippen LogP contribution in [-0.2, 0) is 13.0 Å². The summed E-state index contributed by atoms with van der Waals surface area (Å²) < 4.78 is 0. The number of hydrogen-bond donors (Lipinski definition) is 1. The number of piperidine rings is 1. The van der Waals surface area contributed by atoms with Crippen LogP contribution in [-0.4, -0.2) is 57.3 Å². The third kappa shape index (κ3) is 3.26. The van der Waals surface area contributed by atoms with E-state index in [4.69, 9.17) is 4.98 Å². The highest BCUT2D eigenvalue weighted by molar-refractivity contribution is 5.93. The zero-order valence-corrected chi connectivity index (χ0v) is 14.9. The predicted octanol–water partition coefficient (Wildman–Crippen LogP) is 1.17. The maximum Gasteiger partial charge on any atom is 0.255 e. The molecule has 4 heterocycles. The highest BCUT2D eigenvalue weighted by Crippen LogP contribution is 2.27. The van der Waals surface area contributed by atoms with Crippen molar-refractivity contribution < 1.29 is 4.79 Å². The van der Waals surface area contributed by atoms with Crippen molar-refractivity contribution >= 4 is 5.91 Å². The van der Waals surface area contributed by atoms with E-state index in [-0.39, 0.29) is 17.4 Å². The van der Waals surface area contributed by atoms with Gasteiger partial charge in [-0.25, -0.2) is 4.98 Å².